The lowest BCUT2D eigenvalue weighted by Gasteiger charge is -2.04. The molecule has 0 spiro atoms. The molecule has 1 amide bonds. The van der Waals surface area contributed by atoms with Crippen LogP contribution in [0.2, 0.25) is 0 Å². The summed E-state index contributed by atoms with van der Waals surface area (Å²) >= 11 is 3.19. The van der Waals surface area contributed by atoms with Gasteiger partial charge >= 0.3 is 0 Å². The Labute approximate surface area is 125 Å². The number of nitrogens with one attached hydrogen (secondary N) is 1. The molecule has 0 saturated carbocycles. The Kier molecular flexibility index (Phi) is 4.79. The number of oxazole rings is 1. The Morgan fingerprint density at radius 2 is 2.30 bits per heavy atom. The molecular weight excluding hydrogens is 324 g/mol. The van der Waals surface area contributed by atoms with E-state index in [1.807, 2.05) is 6.92 Å². The van der Waals surface area contributed by atoms with Gasteiger partial charge in [0.15, 0.2) is 0 Å². The van der Waals surface area contributed by atoms with E-state index in [0.29, 0.717) is 10.4 Å². The molecule has 2 N–H and O–H groups in total. The van der Waals surface area contributed by atoms with Gasteiger partial charge in [-0.25, -0.2) is 4.98 Å². The molecule has 0 saturated heterocycles. The molecule has 0 atom stereocenters. The maximum absolute atomic E-state index is 11.8. The Hall–Kier alpha value is -1.82. The number of phenols is 1. The molecule has 0 radical (unpaired) electrons. The molecule has 5 nitrogen and oxygen atoms in total. The first-order chi connectivity index (χ1) is 9.58. The van der Waals surface area contributed by atoms with Crippen molar-refractivity contribution in [1.82, 2.24) is 10.3 Å². The third kappa shape index (κ3) is 3.84. The van der Waals surface area contributed by atoms with Gasteiger partial charge in [-0.1, -0.05) is 13.0 Å². The average Bonchev–Trinajstić information content (AvgIpc) is 2.89. The van der Waals surface area contributed by atoms with Crippen LogP contribution in [0.1, 0.15) is 24.1 Å². The third-order valence-electron chi connectivity index (χ3n) is 2.76. The number of aromatic nitrogens is 1. The lowest BCUT2D eigenvalue weighted by molar-refractivity contribution is -0.120. The molecule has 0 aliphatic heterocycles. The molecule has 0 bridgehead atoms. The van der Waals surface area contributed by atoms with Crippen molar-refractivity contribution >= 4 is 21.8 Å². The van der Waals surface area contributed by atoms with Crippen molar-refractivity contribution in [1.29, 1.82) is 0 Å². The Morgan fingerprint density at radius 3 is 2.95 bits per heavy atom. The summed E-state index contributed by atoms with van der Waals surface area (Å²) < 4.78 is 6.00. The van der Waals surface area contributed by atoms with Crippen molar-refractivity contribution in [3.05, 3.63) is 46.1 Å². The van der Waals surface area contributed by atoms with Gasteiger partial charge in [-0.2, -0.15) is 0 Å². The van der Waals surface area contributed by atoms with Gasteiger partial charge < -0.3 is 14.8 Å². The van der Waals surface area contributed by atoms with Gasteiger partial charge in [0.2, 0.25) is 11.8 Å². The van der Waals surface area contributed by atoms with Crippen LogP contribution in [0.5, 0.6) is 5.75 Å². The second kappa shape index (κ2) is 6.56. The number of hydrogen-bond acceptors (Lipinski definition) is 4. The number of carbonyl (C=O) groups is 1. The van der Waals surface area contributed by atoms with Crippen molar-refractivity contribution in [2.45, 2.75) is 26.3 Å². The van der Waals surface area contributed by atoms with Crippen LogP contribution in [-0.4, -0.2) is 16.0 Å². The molecule has 1 aromatic carbocycles. The zero-order valence-electron chi connectivity index (χ0n) is 11.0. The van der Waals surface area contributed by atoms with Gasteiger partial charge in [-0.05, 0) is 33.6 Å². The normalized spacial score (nSPS) is 10.5. The highest BCUT2D eigenvalue weighted by Crippen LogP contribution is 2.24. The van der Waals surface area contributed by atoms with E-state index < -0.39 is 0 Å². The van der Waals surface area contributed by atoms with Crippen LogP contribution in [0.15, 0.2) is 33.3 Å². The van der Waals surface area contributed by atoms with Crippen molar-refractivity contribution in [3.63, 3.8) is 0 Å². The molecule has 0 fully saturated rings. The number of nitrogens with zero attached hydrogens (tertiary/aromatic N) is 1. The van der Waals surface area contributed by atoms with Crippen molar-refractivity contribution in [2.24, 2.45) is 0 Å². The summed E-state index contributed by atoms with van der Waals surface area (Å²) in [5.41, 5.74) is 0.741. The van der Waals surface area contributed by atoms with E-state index in [4.69, 9.17) is 4.42 Å². The monoisotopic (exact) mass is 338 g/mol. The van der Waals surface area contributed by atoms with E-state index in [0.717, 1.165) is 17.7 Å². The zero-order valence-corrected chi connectivity index (χ0v) is 12.6. The third-order valence-corrected chi connectivity index (χ3v) is 3.43. The van der Waals surface area contributed by atoms with E-state index in [1.165, 1.54) is 0 Å². The summed E-state index contributed by atoms with van der Waals surface area (Å²) in [6, 6.07) is 5.05. The maximum atomic E-state index is 11.8. The topological polar surface area (TPSA) is 75.4 Å². The van der Waals surface area contributed by atoms with Crippen LogP contribution in [0.3, 0.4) is 0 Å². The van der Waals surface area contributed by atoms with Crippen LogP contribution < -0.4 is 5.32 Å². The Morgan fingerprint density at radius 1 is 1.50 bits per heavy atom. The molecular formula is C14H15BrN2O3. The molecule has 0 aliphatic rings. The number of carbonyl (C=O) groups excluding carboxylic acids is 1. The second-order valence-corrected chi connectivity index (χ2v) is 5.17. The van der Waals surface area contributed by atoms with Crippen molar-refractivity contribution in [3.8, 4) is 5.75 Å². The molecule has 106 valence electrons. The van der Waals surface area contributed by atoms with Gasteiger partial charge in [-0.15, -0.1) is 0 Å². The summed E-state index contributed by atoms with van der Waals surface area (Å²) in [7, 11) is 0. The van der Waals surface area contributed by atoms with Gasteiger partial charge in [0.25, 0.3) is 0 Å². The van der Waals surface area contributed by atoms with E-state index in [9.17, 15) is 9.90 Å². The van der Waals surface area contributed by atoms with Gasteiger partial charge in [0.1, 0.15) is 11.5 Å². The van der Waals surface area contributed by atoms with Crippen LogP contribution in [-0.2, 0) is 24.2 Å². The summed E-state index contributed by atoms with van der Waals surface area (Å²) in [5.74, 6) is 1.26. The van der Waals surface area contributed by atoms with Crippen LogP contribution in [0.4, 0.5) is 0 Å². The number of benzene rings is 1. The van der Waals surface area contributed by atoms with Gasteiger partial charge in [-0.3, -0.25) is 4.79 Å². The number of rotatable bonds is 5. The Balaban J connectivity index is 1.87. The maximum Gasteiger partial charge on any atom is 0.224 e. The largest absolute Gasteiger partial charge is 0.507 e. The highest BCUT2D eigenvalue weighted by atomic mass is 79.9. The molecule has 0 unspecified atom stereocenters. The average molecular weight is 339 g/mol. The zero-order chi connectivity index (χ0) is 14.5. The molecule has 0 aliphatic carbocycles. The van der Waals surface area contributed by atoms with Crippen LogP contribution in [0, 0.1) is 0 Å². The number of hydrogen-bond donors (Lipinski definition) is 2. The summed E-state index contributed by atoms with van der Waals surface area (Å²) in [4.78, 5) is 15.8. The number of amides is 1. The number of halogens is 1. The van der Waals surface area contributed by atoms with Gasteiger partial charge in [0, 0.05) is 6.42 Å². The molecule has 20 heavy (non-hydrogen) atoms. The first-order valence-electron chi connectivity index (χ1n) is 6.26. The highest BCUT2D eigenvalue weighted by molar-refractivity contribution is 9.10. The summed E-state index contributed by atoms with van der Waals surface area (Å²) in [6.07, 6.45) is 2.63. The smallest absolute Gasteiger partial charge is 0.224 e. The molecule has 1 heterocycles. The number of phenolic OH excluding ortho intramolecular Hbond substituents is 1. The number of aromatic hydroxyl groups is 1. The minimum Gasteiger partial charge on any atom is -0.507 e. The molecule has 2 rings (SSSR count). The lowest BCUT2D eigenvalue weighted by Crippen LogP contribution is -2.24. The predicted octanol–water partition coefficient (Wildman–Crippen LogP) is 2.56. The number of aryl methyl sites for hydroxylation is 1. The minimum atomic E-state index is -0.150. The van der Waals surface area contributed by atoms with E-state index in [2.05, 4.69) is 26.2 Å². The Bertz CT molecular complexity index is 610. The first-order valence-corrected chi connectivity index (χ1v) is 7.05. The quantitative estimate of drug-likeness (QED) is 0.878. The van der Waals surface area contributed by atoms with Crippen molar-refractivity contribution < 1.29 is 14.3 Å². The minimum absolute atomic E-state index is 0.121. The lowest BCUT2D eigenvalue weighted by atomic mass is 10.1. The molecule has 6 heteroatoms. The first kappa shape index (κ1) is 14.6. The summed E-state index contributed by atoms with van der Waals surface area (Å²) in [5, 5.41) is 12.3. The van der Waals surface area contributed by atoms with E-state index in [1.54, 1.807) is 24.4 Å². The standard InChI is InChI=1S/C14H15BrN2O3/c1-2-10-7-17-14(20-10)8-16-13(19)6-9-3-4-11(15)12(18)5-9/h3-5,7,18H,2,6,8H2,1H3,(H,16,19). The summed E-state index contributed by atoms with van der Waals surface area (Å²) in [6.45, 7) is 2.24. The fourth-order valence-corrected chi connectivity index (χ4v) is 1.93. The van der Waals surface area contributed by atoms with Gasteiger partial charge in [0.05, 0.1) is 23.6 Å². The van der Waals surface area contributed by atoms with E-state index >= 15 is 0 Å². The highest BCUT2D eigenvalue weighted by Gasteiger charge is 2.08. The van der Waals surface area contributed by atoms with E-state index in [-0.39, 0.29) is 24.6 Å². The fourth-order valence-electron chi connectivity index (χ4n) is 1.68. The second-order valence-electron chi connectivity index (χ2n) is 4.31. The predicted molar refractivity (Wildman–Crippen MR) is 77.2 cm³/mol. The van der Waals surface area contributed by atoms with Crippen molar-refractivity contribution in [2.75, 3.05) is 0 Å². The SMILES string of the molecule is CCc1cnc(CNC(=O)Cc2ccc(Br)c(O)c2)o1. The van der Waals surface area contributed by atoms with Crippen LogP contribution >= 0.6 is 15.9 Å². The molecule has 1 aromatic heterocycles. The molecule has 2 aromatic rings. The fraction of sp³-hybridized carbons (Fsp3) is 0.286. The van der Waals surface area contributed by atoms with Crippen LogP contribution in [0.25, 0.3) is 0 Å².